The van der Waals surface area contributed by atoms with Crippen molar-refractivity contribution in [3.05, 3.63) is 26.9 Å². The summed E-state index contributed by atoms with van der Waals surface area (Å²) in [6.07, 6.45) is 5.38. The van der Waals surface area contributed by atoms with Gasteiger partial charge >= 0.3 is 5.69 Å². The van der Waals surface area contributed by atoms with Crippen LogP contribution in [0.25, 0.3) is 0 Å². The molecule has 9 nitrogen and oxygen atoms in total. The molecule has 1 unspecified atom stereocenters. The van der Waals surface area contributed by atoms with E-state index in [1.807, 2.05) is 9.80 Å². The van der Waals surface area contributed by atoms with Gasteiger partial charge in [-0.2, -0.15) is 0 Å². The van der Waals surface area contributed by atoms with Gasteiger partial charge in [-0.3, -0.25) is 24.4 Å². The lowest BCUT2D eigenvalue weighted by molar-refractivity contribution is -0.131. The highest BCUT2D eigenvalue weighted by Crippen LogP contribution is 2.31. The van der Waals surface area contributed by atoms with Crippen molar-refractivity contribution in [2.45, 2.75) is 57.5 Å². The molecule has 0 bridgehead atoms. The van der Waals surface area contributed by atoms with E-state index in [1.54, 1.807) is 0 Å². The first-order valence-corrected chi connectivity index (χ1v) is 10.6. The minimum atomic E-state index is -0.540. The molecular weight excluding hydrogens is 374 g/mol. The standard InChI is InChI=1S/C20H29N5O4/c1-12-2-4-15(5-3-12)25-10-13(8-18(25)27)19(28)21-14-6-7-24(11-14)16-9-17(26)23-20(29)22-16/h9,12-15H,2-8,10-11H2,1H3,(H,21,28)(H2,22,23,26,29)/t12?,13?,14-,15?/m1/s1. The van der Waals surface area contributed by atoms with Crippen molar-refractivity contribution in [1.29, 1.82) is 0 Å². The summed E-state index contributed by atoms with van der Waals surface area (Å²) in [5.41, 5.74) is -0.987. The lowest BCUT2D eigenvalue weighted by Crippen LogP contribution is -2.43. The number of aromatic nitrogens is 2. The van der Waals surface area contributed by atoms with Gasteiger partial charge in [0.25, 0.3) is 5.56 Å². The molecule has 2 amide bonds. The predicted molar refractivity (Wildman–Crippen MR) is 108 cm³/mol. The van der Waals surface area contributed by atoms with Gasteiger partial charge < -0.3 is 15.1 Å². The summed E-state index contributed by atoms with van der Waals surface area (Å²) in [6.45, 7) is 3.93. The fourth-order valence-electron chi connectivity index (χ4n) is 4.86. The molecule has 0 aromatic carbocycles. The van der Waals surface area contributed by atoms with Crippen molar-refractivity contribution < 1.29 is 9.59 Å². The Hall–Kier alpha value is -2.58. The summed E-state index contributed by atoms with van der Waals surface area (Å²) in [7, 11) is 0. The average Bonchev–Trinajstić information content (AvgIpc) is 3.28. The van der Waals surface area contributed by atoms with Crippen LogP contribution in [-0.4, -0.2) is 58.4 Å². The van der Waals surface area contributed by atoms with Crippen LogP contribution < -0.4 is 21.5 Å². The molecule has 3 N–H and O–H groups in total. The van der Waals surface area contributed by atoms with Crippen molar-refractivity contribution in [3.63, 3.8) is 0 Å². The van der Waals surface area contributed by atoms with Crippen LogP contribution in [0.2, 0.25) is 0 Å². The Morgan fingerprint density at radius 2 is 1.83 bits per heavy atom. The second-order valence-electron chi connectivity index (χ2n) is 8.77. The van der Waals surface area contributed by atoms with E-state index in [-0.39, 0.29) is 36.2 Å². The van der Waals surface area contributed by atoms with Crippen LogP contribution >= 0.6 is 0 Å². The Bertz CT molecular complexity index is 857. The third-order valence-electron chi connectivity index (χ3n) is 6.58. The maximum Gasteiger partial charge on any atom is 0.327 e. The van der Waals surface area contributed by atoms with Gasteiger partial charge in [0, 0.05) is 44.2 Å². The summed E-state index contributed by atoms with van der Waals surface area (Å²) in [4.78, 5) is 56.8. The van der Waals surface area contributed by atoms with Gasteiger partial charge in [0.15, 0.2) is 0 Å². The van der Waals surface area contributed by atoms with Crippen LogP contribution in [0.1, 0.15) is 45.4 Å². The number of hydrogen-bond acceptors (Lipinski definition) is 5. The molecule has 1 aromatic rings. The van der Waals surface area contributed by atoms with E-state index in [0.717, 1.165) is 38.0 Å². The number of rotatable bonds is 4. The third-order valence-corrected chi connectivity index (χ3v) is 6.58. The number of hydrogen-bond donors (Lipinski definition) is 3. The number of nitrogens with zero attached hydrogens (tertiary/aromatic N) is 2. The highest BCUT2D eigenvalue weighted by Gasteiger charge is 2.39. The maximum absolute atomic E-state index is 12.8. The molecule has 2 saturated heterocycles. The van der Waals surface area contributed by atoms with Crippen LogP contribution in [-0.2, 0) is 9.59 Å². The van der Waals surface area contributed by atoms with Crippen molar-refractivity contribution >= 4 is 17.6 Å². The number of nitrogens with one attached hydrogen (secondary N) is 3. The molecule has 4 rings (SSSR count). The monoisotopic (exact) mass is 403 g/mol. The van der Waals surface area contributed by atoms with Crippen LogP contribution in [0.15, 0.2) is 15.7 Å². The van der Waals surface area contributed by atoms with Gasteiger partial charge in [0.05, 0.1) is 5.92 Å². The predicted octanol–water partition coefficient (Wildman–Crippen LogP) is 0.185. The molecular formula is C20H29N5O4. The molecule has 1 saturated carbocycles. The van der Waals surface area contributed by atoms with E-state index in [2.05, 4.69) is 22.2 Å². The average molecular weight is 403 g/mol. The number of likely N-dealkylation sites (tertiary alicyclic amines) is 1. The number of anilines is 1. The number of carbonyl (C=O) groups excluding carboxylic acids is 2. The molecule has 3 heterocycles. The van der Waals surface area contributed by atoms with Crippen LogP contribution in [0.3, 0.4) is 0 Å². The fraction of sp³-hybridized carbons (Fsp3) is 0.700. The molecule has 3 fully saturated rings. The van der Waals surface area contributed by atoms with E-state index < -0.39 is 11.2 Å². The Morgan fingerprint density at radius 1 is 1.07 bits per heavy atom. The Kier molecular flexibility index (Phi) is 5.47. The summed E-state index contributed by atoms with van der Waals surface area (Å²) >= 11 is 0. The molecule has 0 radical (unpaired) electrons. The quantitative estimate of drug-likeness (QED) is 0.663. The normalized spacial score (nSPS) is 30.0. The number of aromatic amines is 2. The molecule has 2 atom stereocenters. The summed E-state index contributed by atoms with van der Waals surface area (Å²) < 4.78 is 0. The first-order valence-electron chi connectivity index (χ1n) is 10.6. The highest BCUT2D eigenvalue weighted by atomic mass is 16.2. The lowest BCUT2D eigenvalue weighted by atomic mass is 9.87. The van der Waals surface area contributed by atoms with Crippen LogP contribution in [0.5, 0.6) is 0 Å². The van der Waals surface area contributed by atoms with Gasteiger partial charge in [0.1, 0.15) is 5.82 Å². The van der Waals surface area contributed by atoms with Gasteiger partial charge in [-0.1, -0.05) is 6.92 Å². The largest absolute Gasteiger partial charge is 0.356 e. The van der Waals surface area contributed by atoms with E-state index in [0.29, 0.717) is 25.5 Å². The Balaban J connectivity index is 1.31. The summed E-state index contributed by atoms with van der Waals surface area (Å²) in [5.74, 6) is 0.915. The molecule has 29 heavy (non-hydrogen) atoms. The molecule has 9 heteroatoms. The topological polar surface area (TPSA) is 118 Å². The second kappa shape index (κ2) is 8.04. The molecule has 1 aliphatic carbocycles. The molecule has 3 aliphatic rings. The first kappa shape index (κ1) is 19.7. The SMILES string of the molecule is CC1CCC(N2CC(C(=O)N[C@@H]3CCN(c4cc(=O)[nH]c(=O)[nH]4)C3)CC2=O)CC1. The van der Waals surface area contributed by atoms with Gasteiger partial charge in [0.2, 0.25) is 11.8 Å². The van der Waals surface area contributed by atoms with Crippen molar-refractivity contribution in [1.82, 2.24) is 20.2 Å². The van der Waals surface area contributed by atoms with Gasteiger partial charge in [-0.25, -0.2) is 4.79 Å². The van der Waals surface area contributed by atoms with Gasteiger partial charge in [-0.05, 0) is 38.0 Å². The minimum absolute atomic E-state index is 0.0648. The van der Waals surface area contributed by atoms with Gasteiger partial charge in [-0.15, -0.1) is 0 Å². The maximum atomic E-state index is 12.8. The van der Waals surface area contributed by atoms with Crippen molar-refractivity contribution in [2.75, 3.05) is 24.5 Å². The highest BCUT2D eigenvalue weighted by molar-refractivity contribution is 5.89. The van der Waals surface area contributed by atoms with E-state index in [1.165, 1.54) is 6.07 Å². The Morgan fingerprint density at radius 3 is 2.55 bits per heavy atom. The molecule has 158 valence electrons. The van der Waals surface area contributed by atoms with Crippen LogP contribution in [0, 0.1) is 11.8 Å². The second-order valence-corrected chi connectivity index (χ2v) is 8.77. The zero-order chi connectivity index (χ0) is 20.5. The van der Waals surface area contributed by atoms with E-state index in [4.69, 9.17) is 0 Å². The number of carbonyl (C=O) groups is 2. The Labute approximate surface area is 168 Å². The minimum Gasteiger partial charge on any atom is -0.356 e. The molecule has 1 aromatic heterocycles. The zero-order valence-electron chi connectivity index (χ0n) is 16.8. The number of amides is 2. The van der Waals surface area contributed by atoms with Crippen molar-refractivity contribution in [3.8, 4) is 0 Å². The van der Waals surface area contributed by atoms with Crippen molar-refractivity contribution in [2.24, 2.45) is 11.8 Å². The smallest absolute Gasteiger partial charge is 0.327 e. The number of H-pyrrole nitrogens is 2. The lowest BCUT2D eigenvalue weighted by Gasteiger charge is -2.33. The third kappa shape index (κ3) is 4.38. The molecule has 0 spiro atoms. The van der Waals surface area contributed by atoms with E-state index >= 15 is 0 Å². The first-order chi connectivity index (χ1) is 13.9. The summed E-state index contributed by atoms with van der Waals surface area (Å²) in [5, 5.41) is 3.06. The fourth-order valence-corrected chi connectivity index (χ4v) is 4.86. The summed E-state index contributed by atoms with van der Waals surface area (Å²) in [6, 6.07) is 1.57. The van der Waals surface area contributed by atoms with E-state index in [9.17, 15) is 19.2 Å². The molecule has 2 aliphatic heterocycles. The van der Waals surface area contributed by atoms with Crippen LogP contribution in [0.4, 0.5) is 5.82 Å². The zero-order valence-corrected chi connectivity index (χ0v) is 16.8.